The number of halogens is 1. The van der Waals surface area contributed by atoms with Gasteiger partial charge in [0.05, 0.1) is 6.61 Å². The molecule has 0 amide bonds. The van der Waals surface area contributed by atoms with Crippen LogP contribution in [-0.4, -0.2) is 17.5 Å². The molecule has 0 saturated heterocycles. The highest BCUT2D eigenvalue weighted by Crippen LogP contribution is 2.55. The van der Waals surface area contributed by atoms with Crippen molar-refractivity contribution in [1.29, 1.82) is 0 Å². The fourth-order valence-corrected chi connectivity index (χ4v) is 5.16. The maximum Gasteiger partial charge on any atom is 0.343 e. The van der Waals surface area contributed by atoms with Crippen LogP contribution in [0.2, 0.25) is 0 Å². The third kappa shape index (κ3) is 7.63. The van der Waals surface area contributed by atoms with Gasteiger partial charge in [0.1, 0.15) is 0 Å². The van der Waals surface area contributed by atoms with Crippen LogP contribution in [0.5, 0.6) is 0 Å². The second-order valence-corrected chi connectivity index (χ2v) is 9.63. The third-order valence-electron chi connectivity index (χ3n) is 2.17. The molecule has 1 rings (SSSR count). The van der Waals surface area contributed by atoms with Crippen molar-refractivity contribution in [1.82, 2.24) is 10.6 Å². The molecule has 5 nitrogen and oxygen atoms in total. The molecule has 0 aliphatic carbocycles. The lowest BCUT2D eigenvalue weighted by molar-refractivity contribution is 0.336. The van der Waals surface area contributed by atoms with Crippen LogP contribution in [0.3, 0.4) is 0 Å². The van der Waals surface area contributed by atoms with E-state index in [0.717, 1.165) is 22.3 Å². The molecule has 21 heavy (non-hydrogen) atoms. The third-order valence-corrected chi connectivity index (χ3v) is 6.98. The van der Waals surface area contributed by atoms with E-state index in [4.69, 9.17) is 16.7 Å². The van der Waals surface area contributed by atoms with Crippen LogP contribution in [-0.2, 0) is 9.09 Å². The fourth-order valence-electron chi connectivity index (χ4n) is 1.30. The van der Waals surface area contributed by atoms with Crippen LogP contribution in [0.25, 0.3) is 0 Å². The zero-order valence-corrected chi connectivity index (χ0v) is 16.0. The first-order valence-electron chi connectivity index (χ1n) is 6.48. The topological polar surface area (TPSA) is 62.4 Å². The number of rotatable bonds is 8. The van der Waals surface area contributed by atoms with Crippen LogP contribution in [0.4, 0.5) is 5.69 Å². The maximum atomic E-state index is 12.4. The van der Waals surface area contributed by atoms with Crippen molar-refractivity contribution < 1.29 is 9.09 Å². The average Bonchev–Trinajstić information content (AvgIpc) is 2.46. The Bertz CT molecular complexity index is 502. The Morgan fingerprint density at radius 3 is 2.62 bits per heavy atom. The van der Waals surface area contributed by atoms with Gasteiger partial charge in [-0.1, -0.05) is 34.2 Å². The van der Waals surface area contributed by atoms with Crippen molar-refractivity contribution in [2.24, 2.45) is 0 Å². The number of hydrogen-bond acceptors (Lipinski definition) is 4. The van der Waals surface area contributed by atoms with Gasteiger partial charge in [-0.15, -0.1) is 0 Å². The van der Waals surface area contributed by atoms with E-state index in [1.165, 1.54) is 11.4 Å². The summed E-state index contributed by atoms with van der Waals surface area (Å²) >= 11 is 9.78. The highest BCUT2D eigenvalue weighted by atomic mass is 79.9. The number of hydrazine groups is 1. The Hall–Kier alpha value is -0.110. The van der Waals surface area contributed by atoms with E-state index in [1.807, 2.05) is 31.2 Å². The molecule has 0 fully saturated rings. The standard InChI is InChI=1S/C12H19BrN3O2PS2/c1-3-9-21-19(17,18-4-2)16-15-12(20)14-11-7-5-10(13)6-8-11/h5-8H,3-4,9H2,1-2H3,(H,16,17)(H2,14,15,20). The van der Waals surface area contributed by atoms with Gasteiger partial charge < -0.3 is 9.84 Å². The number of nitrogens with one attached hydrogen (secondary N) is 3. The molecule has 118 valence electrons. The van der Waals surface area contributed by atoms with Crippen LogP contribution in [0.15, 0.2) is 28.7 Å². The summed E-state index contributed by atoms with van der Waals surface area (Å²) in [6.07, 6.45) is 0.922. The van der Waals surface area contributed by atoms with Gasteiger partial charge in [-0.3, -0.25) is 9.99 Å². The van der Waals surface area contributed by atoms with Gasteiger partial charge in [-0.25, -0.2) is 0 Å². The number of hydrogen-bond donors (Lipinski definition) is 3. The van der Waals surface area contributed by atoms with E-state index in [-0.39, 0.29) is 0 Å². The predicted molar refractivity (Wildman–Crippen MR) is 98.6 cm³/mol. The Balaban J connectivity index is 2.49. The Labute approximate surface area is 143 Å². The second-order valence-electron chi connectivity index (χ2n) is 3.95. The van der Waals surface area contributed by atoms with E-state index in [2.05, 4.69) is 31.9 Å². The first kappa shape index (κ1) is 18.9. The molecule has 0 aliphatic rings. The number of thiocarbonyl (C=S) groups is 1. The Kier molecular flexibility index (Phi) is 8.85. The van der Waals surface area contributed by atoms with E-state index < -0.39 is 6.72 Å². The van der Waals surface area contributed by atoms with Gasteiger partial charge in [0, 0.05) is 15.9 Å². The molecule has 0 spiro atoms. The molecular formula is C12H19BrN3O2PS2. The maximum absolute atomic E-state index is 12.4. The summed E-state index contributed by atoms with van der Waals surface area (Å²) in [4.78, 5) is 0. The average molecular weight is 412 g/mol. The molecule has 1 aromatic rings. The summed E-state index contributed by atoms with van der Waals surface area (Å²) < 4.78 is 18.7. The summed E-state index contributed by atoms with van der Waals surface area (Å²) in [5, 5.41) is 6.02. The quantitative estimate of drug-likeness (QED) is 0.330. The Morgan fingerprint density at radius 2 is 2.05 bits per heavy atom. The van der Waals surface area contributed by atoms with Crippen molar-refractivity contribution in [3.8, 4) is 0 Å². The van der Waals surface area contributed by atoms with E-state index in [9.17, 15) is 4.57 Å². The SMILES string of the molecule is CCCSP(=O)(NNC(=S)Nc1ccc(Br)cc1)OCC. The zero-order chi connectivity index (χ0) is 15.7. The van der Waals surface area contributed by atoms with Gasteiger partial charge >= 0.3 is 6.72 Å². The van der Waals surface area contributed by atoms with Crippen molar-refractivity contribution >= 4 is 57.1 Å². The molecule has 0 bridgehead atoms. The van der Waals surface area contributed by atoms with E-state index in [1.54, 1.807) is 6.92 Å². The molecule has 1 atom stereocenters. The fraction of sp³-hybridized carbons (Fsp3) is 0.417. The molecule has 1 aromatic carbocycles. The minimum atomic E-state index is -2.98. The summed E-state index contributed by atoms with van der Waals surface area (Å²) in [5.74, 6) is 0.749. The van der Waals surface area contributed by atoms with Crippen LogP contribution in [0.1, 0.15) is 20.3 Å². The lowest BCUT2D eigenvalue weighted by atomic mass is 10.3. The summed E-state index contributed by atoms with van der Waals surface area (Å²) in [7, 11) is 0. The molecule has 0 aromatic heterocycles. The van der Waals surface area contributed by atoms with Crippen molar-refractivity contribution in [2.75, 3.05) is 17.7 Å². The van der Waals surface area contributed by atoms with Crippen LogP contribution in [0, 0.1) is 0 Å². The minimum Gasteiger partial charge on any atom is -0.332 e. The Morgan fingerprint density at radius 1 is 1.38 bits per heavy atom. The van der Waals surface area contributed by atoms with Gasteiger partial charge in [-0.05, 0) is 49.8 Å². The predicted octanol–water partition coefficient (Wildman–Crippen LogP) is 4.53. The number of benzene rings is 1. The summed E-state index contributed by atoms with van der Waals surface area (Å²) in [6, 6.07) is 7.57. The highest BCUT2D eigenvalue weighted by molar-refractivity contribution is 9.10. The first-order chi connectivity index (χ1) is 9.99. The van der Waals surface area contributed by atoms with Gasteiger partial charge in [-0.2, -0.15) is 5.20 Å². The van der Waals surface area contributed by atoms with Crippen molar-refractivity contribution in [3.63, 3.8) is 0 Å². The normalized spacial score (nSPS) is 13.5. The lowest BCUT2D eigenvalue weighted by Gasteiger charge is -2.19. The molecule has 0 saturated carbocycles. The van der Waals surface area contributed by atoms with Gasteiger partial charge in [0.2, 0.25) is 0 Å². The second kappa shape index (κ2) is 9.82. The van der Waals surface area contributed by atoms with E-state index in [0.29, 0.717) is 11.7 Å². The molecule has 3 N–H and O–H groups in total. The minimum absolute atomic E-state index is 0.328. The van der Waals surface area contributed by atoms with Crippen molar-refractivity contribution in [2.45, 2.75) is 20.3 Å². The van der Waals surface area contributed by atoms with E-state index >= 15 is 0 Å². The summed E-state index contributed by atoms with van der Waals surface area (Å²) in [6.45, 7) is 1.22. The molecule has 0 radical (unpaired) electrons. The van der Waals surface area contributed by atoms with Gasteiger partial charge in [0.15, 0.2) is 5.11 Å². The lowest BCUT2D eigenvalue weighted by Crippen LogP contribution is -2.38. The number of anilines is 1. The smallest absolute Gasteiger partial charge is 0.332 e. The van der Waals surface area contributed by atoms with Crippen LogP contribution >= 0.6 is 46.3 Å². The molecule has 9 heteroatoms. The molecular weight excluding hydrogens is 393 g/mol. The summed E-state index contributed by atoms with van der Waals surface area (Å²) in [5.41, 5.74) is 3.57. The molecule has 1 unspecified atom stereocenters. The monoisotopic (exact) mass is 411 g/mol. The largest absolute Gasteiger partial charge is 0.343 e. The zero-order valence-electron chi connectivity index (χ0n) is 11.9. The molecule has 0 heterocycles. The molecule has 0 aliphatic heterocycles. The van der Waals surface area contributed by atoms with Gasteiger partial charge in [0.25, 0.3) is 0 Å². The highest BCUT2D eigenvalue weighted by Gasteiger charge is 2.22. The van der Waals surface area contributed by atoms with Crippen molar-refractivity contribution in [3.05, 3.63) is 28.7 Å². The van der Waals surface area contributed by atoms with Crippen LogP contribution < -0.4 is 15.9 Å². The first-order valence-corrected chi connectivity index (χ1v) is 10.9.